The quantitative estimate of drug-likeness (QED) is 0.223. The van der Waals surface area contributed by atoms with E-state index in [9.17, 15) is 10.1 Å². The summed E-state index contributed by atoms with van der Waals surface area (Å²) in [6.07, 6.45) is 8.52. The first-order valence-electron chi connectivity index (χ1n) is 13.1. The Labute approximate surface area is 226 Å². The van der Waals surface area contributed by atoms with Gasteiger partial charge in [-0.15, -0.1) is 0 Å². The van der Waals surface area contributed by atoms with Crippen LogP contribution >= 0.6 is 11.8 Å². The zero-order valence-corrected chi connectivity index (χ0v) is 22.4. The number of anilines is 3. The molecule has 2 aromatic carbocycles. The molecule has 198 valence electrons. The number of rotatable bonds is 8. The van der Waals surface area contributed by atoms with Gasteiger partial charge in [0, 0.05) is 42.7 Å². The second kappa shape index (κ2) is 12.2. The number of aryl methyl sites for hydroxylation is 1. The highest BCUT2D eigenvalue weighted by molar-refractivity contribution is 7.99. The van der Waals surface area contributed by atoms with E-state index in [2.05, 4.69) is 30.3 Å². The highest BCUT2D eigenvalue weighted by atomic mass is 32.2. The molecule has 3 heterocycles. The van der Waals surface area contributed by atoms with Crippen LogP contribution < -0.4 is 15.2 Å². The van der Waals surface area contributed by atoms with E-state index in [0.29, 0.717) is 28.3 Å². The summed E-state index contributed by atoms with van der Waals surface area (Å²) >= 11 is 1.37. The monoisotopic (exact) mass is 532 g/mol. The molecule has 3 aromatic rings. The summed E-state index contributed by atoms with van der Waals surface area (Å²) in [6, 6.07) is 13.0. The smallest absolute Gasteiger partial charge is 0.283 e. The molecule has 10 nitrogen and oxygen atoms in total. The van der Waals surface area contributed by atoms with Crippen LogP contribution in [0, 0.1) is 17.0 Å². The lowest BCUT2D eigenvalue weighted by Gasteiger charge is -2.30. The second-order valence-electron chi connectivity index (χ2n) is 9.62. The van der Waals surface area contributed by atoms with Gasteiger partial charge in [-0.05, 0) is 63.6 Å². The van der Waals surface area contributed by atoms with Crippen molar-refractivity contribution in [3.8, 4) is 0 Å². The van der Waals surface area contributed by atoms with Crippen LogP contribution in [0.1, 0.15) is 49.7 Å². The SMILES string of the molecule is Cc1ccc(Sc2ccc(/C=N\Nc3nc(N4CCCCC4)nc(N4CCCCC4)n3)cc2[N+](=O)[O-])cc1. The van der Waals surface area contributed by atoms with Crippen LogP contribution in [0.4, 0.5) is 23.5 Å². The Hall–Kier alpha value is -3.73. The maximum atomic E-state index is 11.8. The van der Waals surface area contributed by atoms with Crippen molar-refractivity contribution in [3.63, 3.8) is 0 Å². The Balaban J connectivity index is 1.34. The molecule has 38 heavy (non-hydrogen) atoms. The second-order valence-corrected chi connectivity index (χ2v) is 10.7. The predicted octanol–water partition coefficient (Wildman–Crippen LogP) is 5.67. The largest absolute Gasteiger partial charge is 0.341 e. The van der Waals surface area contributed by atoms with Crippen molar-refractivity contribution < 1.29 is 4.92 Å². The van der Waals surface area contributed by atoms with Crippen molar-refractivity contribution in [1.29, 1.82) is 0 Å². The Bertz CT molecular complexity index is 1250. The molecule has 0 unspecified atom stereocenters. The summed E-state index contributed by atoms with van der Waals surface area (Å²) < 4.78 is 0. The van der Waals surface area contributed by atoms with E-state index >= 15 is 0 Å². The van der Waals surface area contributed by atoms with Gasteiger partial charge in [-0.3, -0.25) is 10.1 Å². The molecule has 0 radical (unpaired) electrons. The first-order valence-corrected chi connectivity index (χ1v) is 13.9. The van der Waals surface area contributed by atoms with E-state index in [-0.39, 0.29) is 10.6 Å². The van der Waals surface area contributed by atoms with Gasteiger partial charge in [-0.25, -0.2) is 5.43 Å². The number of hydrogen-bond acceptors (Lipinski definition) is 10. The highest BCUT2D eigenvalue weighted by Crippen LogP contribution is 2.35. The first kappa shape index (κ1) is 25.9. The number of nitro benzene ring substituents is 1. The lowest BCUT2D eigenvalue weighted by Crippen LogP contribution is -2.34. The normalized spacial score (nSPS) is 16.1. The number of nitrogens with one attached hydrogen (secondary N) is 1. The Kier molecular flexibility index (Phi) is 8.32. The fourth-order valence-corrected chi connectivity index (χ4v) is 5.52. The van der Waals surface area contributed by atoms with Gasteiger partial charge in [0.05, 0.1) is 16.0 Å². The fraction of sp³-hybridized carbons (Fsp3) is 0.407. The standard InChI is InChI=1S/C27H32N8O2S/c1-20-8-11-22(12-9-20)38-24-13-10-21(18-23(24)35(36)37)19-28-32-25-29-26(33-14-4-2-5-15-33)31-27(30-25)34-16-6-3-7-17-34/h8-13,18-19H,2-7,14-17H2,1H3,(H,29,30,31,32)/b28-19-. The molecule has 11 heteroatoms. The maximum Gasteiger partial charge on any atom is 0.283 e. The van der Waals surface area contributed by atoms with Crippen molar-refractivity contribution in [2.24, 2.45) is 5.10 Å². The molecular weight excluding hydrogens is 500 g/mol. The number of nitrogens with zero attached hydrogens (tertiary/aromatic N) is 7. The van der Waals surface area contributed by atoms with E-state index in [1.165, 1.54) is 30.7 Å². The summed E-state index contributed by atoms with van der Waals surface area (Å²) in [5.41, 5.74) is 4.74. The highest BCUT2D eigenvalue weighted by Gasteiger charge is 2.20. The molecular formula is C27H32N8O2S. The van der Waals surface area contributed by atoms with E-state index in [1.807, 2.05) is 37.3 Å². The lowest BCUT2D eigenvalue weighted by molar-refractivity contribution is -0.387. The van der Waals surface area contributed by atoms with Crippen molar-refractivity contribution in [2.45, 2.75) is 55.2 Å². The molecule has 0 bridgehead atoms. The Morgan fingerprint density at radius 2 is 1.50 bits per heavy atom. The summed E-state index contributed by atoms with van der Waals surface area (Å²) in [4.78, 5) is 31.4. The van der Waals surface area contributed by atoms with Crippen molar-refractivity contribution >= 4 is 41.5 Å². The number of nitro groups is 1. The molecule has 0 aliphatic carbocycles. The number of hydrazone groups is 1. The van der Waals surface area contributed by atoms with Gasteiger partial charge in [-0.2, -0.15) is 20.1 Å². The molecule has 0 atom stereocenters. The molecule has 1 aromatic heterocycles. The van der Waals surface area contributed by atoms with Crippen LogP contribution in [-0.4, -0.2) is 52.3 Å². The summed E-state index contributed by atoms with van der Waals surface area (Å²) in [7, 11) is 0. The van der Waals surface area contributed by atoms with Gasteiger partial charge in [-0.1, -0.05) is 35.5 Å². The molecule has 1 N–H and O–H groups in total. The average Bonchev–Trinajstić information content (AvgIpc) is 2.95. The van der Waals surface area contributed by atoms with Gasteiger partial charge < -0.3 is 9.80 Å². The van der Waals surface area contributed by atoms with Crippen LogP contribution in [0.5, 0.6) is 0 Å². The van der Waals surface area contributed by atoms with E-state index < -0.39 is 0 Å². The summed E-state index contributed by atoms with van der Waals surface area (Å²) in [5.74, 6) is 1.72. The zero-order valence-electron chi connectivity index (χ0n) is 21.5. The molecule has 2 aliphatic heterocycles. The van der Waals surface area contributed by atoms with Gasteiger partial charge in [0.1, 0.15) is 0 Å². The minimum Gasteiger partial charge on any atom is -0.341 e. The van der Waals surface area contributed by atoms with Crippen LogP contribution in [0.25, 0.3) is 0 Å². The minimum atomic E-state index is -0.358. The molecule has 2 fully saturated rings. The lowest BCUT2D eigenvalue weighted by atomic mass is 10.1. The van der Waals surface area contributed by atoms with Gasteiger partial charge in [0.25, 0.3) is 5.69 Å². The third-order valence-electron chi connectivity index (χ3n) is 6.70. The van der Waals surface area contributed by atoms with Gasteiger partial charge in [0.2, 0.25) is 17.8 Å². The van der Waals surface area contributed by atoms with Crippen LogP contribution in [-0.2, 0) is 0 Å². The van der Waals surface area contributed by atoms with Gasteiger partial charge >= 0.3 is 0 Å². The molecule has 0 saturated carbocycles. The van der Waals surface area contributed by atoms with E-state index in [0.717, 1.165) is 62.3 Å². The van der Waals surface area contributed by atoms with E-state index in [4.69, 9.17) is 4.98 Å². The number of piperidine rings is 2. The number of aromatic nitrogens is 3. The zero-order chi connectivity index (χ0) is 26.3. The molecule has 5 rings (SSSR count). The van der Waals surface area contributed by atoms with Gasteiger partial charge in [0.15, 0.2) is 0 Å². The van der Waals surface area contributed by atoms with Crippen LogP contribution in [0.2, 0.25) is 0 Å². The Morgan fingerprint density at radius 3 is 2.08 bits per heavy atom. The van der Waals surface area contributed by atoms with Crippen molar-refractivity contribution in [2.75, 3.05) is 41.4 Å². The van der Waals surface area contributed by atoms with Crippen molar-refractivity contribution in [1.82, 2.24) is 15.0 Å². The molecule has 0 amide bonds. The van der Waals surface area contributed by atoms with Crippen LogP contribution in [0.15, 0.2) is 57.4 Å². The summed E-state index contributed by atoms with van der Waals surface area (Å²) in [5, 5.41) is 16.1. The predicted molar refractivity (Wildman–Crippen MR) is 152 cm³/mol. The molecule has 0 spiro atoms. The Morgan fingerprint density at radius 1 is 0.895 bits per heavy atom. The first-order chi connectivity index (χ1) is 18.5. The van der Waals surface area contributed by atoms with E-state index in [1.54, 1.807) is 12.3 Å². The fourth-order valence-electron chi connectivity index (χ4n) is 4.62. The average molecular weight is 533 g/mol. The number of hydrogen-bond donors (Lipinski definition) is 1. The molecule has 2 aliphatic rings. The number of benzene rings is 2. The third kappa shape index (κ3) is 6.58. The minimum absolute atomic E-state index is 0.0412. The van der Waals surface area contributed by atoms with Crippen LogP contribution in [0.3, 0.4) is 0 Å². The van der Waals surface area contributed by atoms with Crippen molar-refractivity contribution in [3.05, 3.63) is 63.7 Å². The molecule has 2 saturated heterocycles. The summed E-state index contributed by atoms with van der Waals surface area (Å²) in [6.45, 7) is 5.75. The third-order valence-corrected chi connectivity index (χ3v) is 7.77. The maximum absolute atomic E-state index is 11.8. The topological polar surface area (TPSA) is 113 Å².